The lowest BCUT2D eigenvalue weighted by Crippen LogP contribution is -2.53. The number of amides is 1. The molecule has 0 aromatic heterocycles. The Labute approximate surface area is 128 Å². The third kappa shape index (κ3) is 5.83. The molecule has 2 rings (SSSR count). The van der Waals surface area contributed by atoms with E-state index in [1.807, 2.05) is 4.90 Å². The number of hydrogen-bond acceptors (Lipinski definition) is 4. The highest BCUT2D eigenvalue weighted by atomic mass is 35.5. The number of carbonyl (C=O) groups excluding carboxylic acids is 1. The van der Waals surface area contributed by atoms with Crippen LogP contribution < -0.4 is 5.32 Å². The summed E-state index contributed by atoms with van der Waals surface area (Å²) in [6.45, 7) is 11.8. The second-order valence-corrected chi connectivity index (χ2v) is 4.84. The third-order valence-electron chi connectivity index (χ3n) is 3.74. The van der Waals surface area contributed by atoms with Gasteiger partial charge in [-0.2, -0.15) is 0 Å². The summed E-state index contributed by atoms with van der Waals surface area (Å²) in [4.78, 5) is 18.8. The summed E-state index contributed by atoms with van der Waals surface area (Å²) in [6, 6.07) is 0. The molecule has 0 unspecified atom stereocenters. The Balaban J connectivity index is 0.00000162. The lowest BCUT2D eigenvalue weighted by molar-refractivity contribution is -0.133. The first-order valence-electron chi connectivity index (χ1n) is 6.73. The molecule has 1 N–H and O–H groups in total. The maximum absolute atomic E-state index is 12.1. The van der Waals surface area contributed by atoms with Crippen molar-refractivity contribution in [1.29, 1.82) is 0 Å². The van der Waals surface area contributed by atoms with Gasteiger partial charge >= 0.3 is 0 Å². The topological polar surface area (TPSA) is 38.8 Å². The average Bonchev–Trinajstić information content (AvgIpc) is 2.40. The Bertz CT molecular complexity index is 254. The minimum atomic E-state index is 0. The van der Waals surface area contributed by atoms with Crippen molar-refractivity contribution in [3.63, 3.8) is 0 Å². The van der Waals surface area contributed by atoms with Crippen LogP contribution >= 0.6 is 24.8 Å². The Kier molecular flexibility index (Phi) is 9.74. The lowest BCUT2D eigenvalue weighted by atomic mass is 10.3. The highest BCUT2D eigenvalue weighted by molar-refractivity contribution is 5.85. The summed E-state index contributed by atoms with van der Waals surface area (Å²) in [5, 5.41) is 3.27. The van der Waals surface area contributed by atoms with E-state index >= 15 is 0 Å². The van der Waals surface area contributed by atoms with Gasteiger partial charge in [-0.05, 0) is 6.54 Å². The van der Waals surface area contributed by atoms with Gasteiger partial charge < -0.3 is 15.1 Å². The first-order valence-corrected chi connectivity index (χ1v) is 6.73. The Morgan fingerprint density at radius 2 is 1.47 bits per heavy atom. The largest absolute Gasteiger partial charge is 0.339 e. The van der Waals surface area contributed by atoms with Crippen molar-refractivity contribution >= 4 is 30.7 Å². The van der Waals surface area contributed by atoms with Gasteiger partial charge in [-0.3, -0.25) is 9.69 Å². The van der Waals surface area contributed by atoms with Gasteiger partial charge in [-0.15, -0.1) is 24.8 Å². The van der Waals surface area contributed by atoms with Gasteiger partial charge in [0.15, 0.2) is 0 Å². The molecule has 1 amide bonds. The van der Waals surface area contributed by atoms with E-state index in [2.05, 4.69) is 22.0 Å². The molecule has 2 aliphatic rings. The van der Waals surface area contributed by atoms with Crippen molar-refractivity contribution in [1.82, 2.24) is 20.0 Å². The van der Waals surface area contributed by atoms with E-state index in [4.69, 9.17) is 0 Å². The Morgan fingerprint density at radius 1 is 0.947 bits per heavy atom. The maximum Gasteiger partial charge on any atom is 0.236 e. The first kappa shape index (κ1) is 18.9. The summed E-state index contributed by atoms with van der Waals surface area (Å²) < 4.78 is 0. The van der Waals surface area contributed by atoms with Crippen molar-refractivity contribution in [2.24, 2.45) is 0 Å². The minimum Gasteiger partial charge on any atom is -0.339 e. The van der Waals surface area contributed by atoms with Gasteiger partial charge in [-0.1, -0.05) is 6.92 Å². The van der Waals surface area contributed by atoms with E-state index in [-0.39, 0.29) is 24.8 Å². The number of likely N-dealkylation sites (N-methyl/N-ethyl adjacent to an activating group) is 1. The van der Waals surface area contributed by atoms with Crippen LogP contribution in [-0.2, 0) is 4.79 Å². The third-order valence-corrected chi connectivity index (χ3v) is 3.74. The molecule has 5 nitrogen and oxygen atoms in total. The van der Waals surface area contributed by atoms with Crippen LogP contribution in [-0.4, -0.2) is 86.1 Å². The van der Waals surface area contributed by atoms with E-state index in [1.165, 1.54) is 0 Å². The normalized spacial score (nSPS) is 21.4. The molecule has 2 aliphatic heterocycles. The summed E-state index contributed by atoms with van der Waals surface area (Å²) >= 11 is 0. The molecule has 7 heteroatoms. The Morgan fingerprint density at radius 3 is 2.00 bits per heavy atom. The fourth-order valence-electron chi connectivity index (χ4n) is 2.47. The SMILES string of the molecule is CCN1CCN(CC(=O)N2CCNCC2)CC1.Cl.Cl. The maximum atomic E-state index is 12.1. The van der Waals surface area contributed by atoms with Gasteiger partial charge in [-0.25, -0.2) is 0 Å². The predicted octanol–water partition coefficient (Wildman–Crippen LogP) is -0.101. The second kappa shape index (κ2) is 9.77. The van der Waals surface area contributed by atoms with E-state index in [1.54, 1.807) is 0 Å². The van der Waals surface area contributed by atoms with Crippen LogP contribution in [0, 0.1) is 0 Å². The van der Waals surface area contributed by atoms with Gasteiger partial charge in [0.05, 0.1) is 6.54 Å². The summed E-state index contributed by atoms with van der Waals surface area (Å²) in [6.07, 6.45) is 0. The molecule has 2 saturated heterocycles. The summed E-state index contributed by atoms with van der Waals surface area (Å²) in [5.74, 6) is 0.302. The highest BCUT2D eigenvalue weighted by Crippen LogP contribution is 2.02. The van der Waals surface area contributed by atoms with Gasteiger partial charge in [0.25, 0.3) is 0 Å². The van der Waals surface area contributed by atoms with Crippen LogP contribution in [0.4, 0.5) is 0 Å². The molecule has 2 heterocycles. The molecule has 0 spiro atoms. The molecule has 0 aliphatic carbocycles. The zero-order valence-corrected chi connectivity index (χ0v) is 13.3. The zero-order valence-electron chi connectivity index (χ0n) is 11.6. The van der Waals surface area contributed by atoms with Crippen molar-refractivity contribution in [2.45, 2.75) is 6.92 Å². The molecule has 114 valence electrons. The second-order valence-electron chi connectivity index (χ2n) is 4.84. The van der Waals surface area contributed by atoms with Crippen LogP contribution in [0.3, 0.4) is 0 Å². The molecular weight excluding hydrogens is 287 g/mol. The van der Waals surface area contributed by atoms with E-state index < -0.39 is 0 Å². The fourth-order valence-corrected chi connectivity index (χ4v) is 2.47. The van der Waals surface area contributed by atoms with Crippen LogP contribution in [0.5, 0.6) is 0 Å². The van der Waals surface area contributed by atoms with Crippen LogP contribution in [0.2, 0.25) is 0 Å². The number of nitrogens with one attached hydrogen (secondary N) is 1. The molecule has 0 radical (unpaired) electrons. The molecule has 0 saturated carbocycles. The quantitative estimate of drug-likeness (QED) is 0.790. The standard InChI is InChI=1S/C12H24N4O.2ClH/c1-2-14-7-9-15(10-8-14)11-12(17)16-5-3-13-4-6-16;;/h13H,2-11H2,1H3;2*1H. The smallest absolute Gasteiger partial charge is 0.236 e. The number of nitrogens with zero attached hydrogens (tertiary/aromatic N) is 3. The molecule has 2 fully saturated rings. The van der Waals surface area contributed by atoms with Gasteiger partial charge in [0.1, 0.15) is 0 Å². The number of rotatable bonds is 3. The molecule has 0 aromatic rings. The molecule has 19 heavy (non-hydrogen) atoms. The number of carbonyl (C=O) groups is 1. The predicted molar refractivity (Wildman–Crippen MR) is 82.5 cm³/mol. The molecular formula is C12H26Cl2N4O. The summed E-state index contributed by atoms with van der Waals surface area (Å²) in [5.41, 5.74) is 0. The lowest BCUT2D eigenvalue weighted by Gasteiger charge is -2.35. The molecule has 0 aromatic carbocycles. The van der Waals surface area contributed by atoms with Crippen LogP contribution in [0.25, 0.3) is 0 Å². The molecule has 0 atom stereocenters. The van der Waals surface area contributed by atoms with Crippen molar-refractivity contribution < 1.29 is 4.79 Å². The van der Waals surface area contributed by atoms with Crippen LogP contribution in [0.15, 0.2) is 0 Å². The fraction of sp³-hybridized carbons (Fsp3) is 0.917. The van der Waals surface area contributed by atoms with E-state index in [9.17, 15) is 4.79 Å². The monoisotopic (exact) mass is 312 g/mol. The van der Waals surface area contributed by atoms with Crippen molar-refractivity contribution in [2.75, 3.05) is 65.4 Å². The van der Waals surface area contributed by atoms with Crippen molar-refractivity contribution in [3.05, 3.63) is 0 Å². The zero-order chi connectivity index (χ0) is 12.1. The average molecular weight is 313 g/mol. The van der Waals surface area contributed by atoms with Crippen molar-refractivity contribution in [3.8, 4) is 0 Å². The molecule has 0 bridgehead atoms. The van der Waals surface area contributed by atoms with E-state index in [0.717, 1.165) is 58.9 Å². The highest BCUT2D eigenvalue weighted by Gasteiger charge is 2.21. The first-order chi connectivity index (χ1) is 8.29. The van der Waals surface area contributed by atoms with Crippen LogP contribution in [0.1, 0.15) is 6.92 Å². The number of halogens is 2. The summed E-state index contributed by atoms with van der Waals surface area (Å²) in [7, 11) is 0. The minimum absolute atomic E-state index is 0. The van der Waals surface area contributed by atoms with Gasteiger partial charge in [0, 0.05) is 52.4 Å². The number of hydrogen-bond donors (Lipinski definition) is 1. The Hall–Kier alpha value is -0.0700. The van der Waals surface area contributed by atoms with Gasteiger partial charge in [0.2, 0.25) is 5.91 Å². The number of piperazine rings is 2. The van der Waals surface area contributed by atoms with E-state index in [0.29, 0.717) is 12.5 Å².